The summed E-state index contributed by atoms with van der Waals surface area (Å²) in [6.07, 6.45) is 2.10. The minimum Gasteiger partial charge on any atom is -0.317 e. The number of Topliss-reactive ketones (excluding diaryl/α,β-unsaturated/α-hetero) is 1. The van der Waals surface area contributed by atoms with Gasteiger partial charge >= 0.3 is 5.69 Å². The fraction of sp³-hybridized carbons (Fsp3) is 0.280. The van der Waals surface area contributed by atoms with Gasteiger partial charge in [0.1, 0.15) is 0 Å². The van der Waals surface area contributed by atoms with E-state index in [1.807, 2.05) is 45.0 Å². The second kappa shape index (κ2) is 9.19. The van der Waals surface area contributed by atoms with E-state index in [2.05, 4.69) is 4.98 Å². The molecule has 2 aromatic heterocycles. The van der Waals surface area contributed by atoms with Gasteiger partial charge in [-0.15, -0.1) is 0 Å². The van der Waals surface area contributed by atoms with Gasteiger partial charge in [0, 0.05) is 12.1 Å². The van der Waals surface area contributed by atoms with E-state index in [0.717, 1.165) is 5.56 Å². The first kappa shape index (κ1) is 22.7. The zero-order chi connectivity index (χ0) is 23.7. The van der Waals surface area contributed by atoms with Crippen LogP contribution in [0.5, 0.6) is 0 Å². The fourth-order valence-electron chi connectivity index (χ4n) is 3.74. The summed E-state index contributed by atoms with van der Waals surface area (Å²) >= 11 is 6.19. The van der Waals surface area contributed by atoms with E-state index >= 15 is 0 Å². The Bertz CT molecular complexity index is 1450. The van der Waals surface area contributed by atoms with Crippen LogP contribution in [-0.2, 0) is 13.1 Å². The topological polar surface area (TPSA) is 78.9 Å². The number of fused-ring (bicyclic) bond motifs is 1. The Morgan fingerprint density at radius 2 is 1.76 bits per heavy atom. The largest absolute Gasteiger partial charge is 0.337 e. The third kappa shape index (κ3) is 4.41. The predicted molar refractivity (Wildman–Crippen MR) is 130 cm³/mol. The highest BCUT2D eigenvalue weighted by Crippen LogP contribution is 2.18. The van der Waals surface area contributed by atoms with Crippen molar-refractivity contribution in [2.75, 3.05) is 0 Å². The number of nitrogens with zero attached hydrogens (tertiary/aromatic N) is 4. The number of aromatic nitrogens is 4. The maximum atomic E-state index is 13.4. The lowest BCUT2D eigenvalue weighted by Gasteiger charge is -2.14. The summed E-state index contributed by atoms with van der Waals surface area (Å²) in [4.78, 5) is 44.1. The number of carbonyl (C=O) groups is 1. The Labute approximate surface area is 195 Å². The number of hydrogen-bond acceptors (Lipinski definition) is 4. The maximum Gasteiger partial charge on any atom is 0.337 e. The van der Waals surface area contributed by atoms with Crippen molar-refractivity contribution >= 4 is 28.5 Å². The average Bonchev–Trinajstić information content (AvgIpc) is 3.18. The van der Waals surface area contributed by atoms with Gasteiger partial charge in [0.25, 0.3) is 5.56 Å². The molecule has 0 fully saturated rings. The molecule has 0 spiro atoms. The molecule has 0 unspecified atom stereocenters. The summed E-state index contributed by atoms with van der Waals surface area (Å²) in [6.45, 7) is 6.19. The zero-order valence-corrected chi connectivity index (χ0v) is 19.5. The van der Waals surface area contributed by atoms with E-state index in [1.165, 1.54) is 20.0 Å². The average molecular weight is 465 g/mol. The molecule has 8 heteroatoms. The van der Waals surface area contributed by atoms with Crippen LogP contribution < -0.4 is 11.2 Å². The van der Waals surface area contributed by atoms with Crippen LogP contribution in [-0.4, -0.2) is 24.5 Å². The Balaban J connectivity index is 1.91. The third-order valence-electron chi connectivity index (χ3n) is 5.61. The Morgan fingerprint density at radius 1 is 1.06 bits per heavy atom. The van der Waals surface area contributed by atoms with E-state index in [0.29, 0.717) is 28.6 Å². The summed E-state index contributed by atoms with van der Waals surface area (Å²) in [5.41, 5.74) is 1.56. The van der Waals surface area contributed by atoms with Gasteiger partial charge in [-0.1, -0.05) is 55.3 Å². The summed E-state index contributed by atoms with van der Waals surface area (Å²) < 4.78 is 4.17. The van der Waals surface area contributed by atoms with Crippen molar-refractivity contribution in [1.29, 1.82) is 0 Å². The molecule has 0 amide bonds. The van der Waals surface area contributed by atoms with Gasteiger partial charge in [-0.3, -0.25) is 14.2 Å². The molecule has 2 aromatic carbocycles. The van der Waals surface area contributed by atoms with Crippen LogP contribution in [0.25, 0.3) is 16.9 Å². The molecule has 0 bridgehead atoms. The van der Waals surface area contributed by atoms with Crippen LogP contribution in [0, 0.1) is 12.8 Å². The molecule has 0 aliphatic rings. The van der Waals surface area contributed by atoms with Crippen LogP contribution in [0.4, 0.5) is 0 Å². The van der Waals surface area contributed by atoms with Crippen LogP contribution in [0.15, 0.2) is 64.4 Å². The normalized spacial score (nSPS) is 11.4. The smallest absolute Gasteiger partial charge is 0.317 e. The van der Waals surface area contributed by atoms with Crippen LogP contribution in [0.3, 0.4) is 0 Å². The lowest BCUT2D eigenvalue weighted by Crippen LogP contribution is -2.40. The van der Waals surface area contributed by atoms with Crippen molar-refractivity contribution in [2.24, 2.45) is 5.92 Å². The molecule has 4 aromatic rings. The van der Waals surface area contributed by atoms with E-state index in [-0.39, 0.29) is 30.0 Å². The van der Waals surface area contributed by atoms with E-state index in [4.69, 9.17) is 11.6 Å². The fourth-order valence-corrected chi connectivity index (χ4v) is 3.98. The molecular formula is C25H25ClN4O3. The van der Waals surface area contributed by atoms with Gasteiger partial charge in [-0.25, -0.2) is 14.3 Å². The van der Waals surface area contributed by atoms with Crippen molar-refractivity contribution in [3.05, 3.63) is 91.8 Å². The molecule has 0 aliphatic carbocycles. The Kier molecular flexibility index (Phi) is 6.33. The minimum absolute atomic E-state index is 0.119. The molecule has 0 saturated heterocycles. The first-order chi connectivity index (χ1) is 15.8. The summed E-state index contributed by atoms with van der Waals surface area (Å²) in [6, 6.07) is 14.2. The molecule has 0 atom stereocenters. The van der Waals surface area contributed by atoms with Crippen molar-refractivity contribution in [2.45, 2.75) is 40.3 Å². The lowest BCUT2D eigenvalue weighted by atomic mass is 10.1. The van der Waals surface area contributed by atoms with Gasteiger partial charge in [-0.05, 0) is 43.5 Å². The number of benzene rings is 2. The van der Waals surface area contributed by atoms with Crippen molar-refractivity contribution in [1.82, 2.24) is 18.7 Å². The molecule has 2 heterocycles. The molecule has 33 heavy (non-hydrogen) atoms. The number of hydrogen-bond donors (Lipinski definition) is 0. The molecule has 7 nitrogen and oxygen atoms in total. The molecule has 4 rings (SSSR count). The molecule has 0 aliphatic heterocycles. The molecule has 0 saturated carbocycles. The number of imidazole rings is 1. The standard InChI is InChI=1S/C25H25ClN4O3/c1-16(2)12-13-29-24(32)22-23(30(25(29)33)18-10-8-17(3)9-11-18)27-15-28(22)14-21(31)19-6-4-5-7-20(19)26/h4-11,15-16H,12-14H2,1-3H3. The summed E-state index contributed by atoms with van der Waals surface area (Å²) in [7, 11) is 0. The number of aryl methyl sites for hydroxylation is 1. The van der Waals surface area contributed by atoms with Crippen LogP contribution in [0.1, 0.15) is 36.2 Å². The van der Waals surface area contributed by atoms with Crippen LogP contribution in [0.2, 0.25) is 5.02 Å². The van der Waals surface area contributed by atoms with Gasteiger partial charge < -0.3 is 4.57 Å². The monoisotopic (exact) mass is 464 g/mol. The van der Waals surface area contributed by atoms with Gasteiger partial charge in [0.05, 0.1) is 23.6 Å². The SMILES string of the molecule is Cc1ccc(-n2c(=O)n(CCC(C)C)c(=O)c3c2ncn3CC(=O)c2ccccc2Cl)cc1. The first-order valence-corrected chi connectivity index (χ1v) is 11.2. The highest BCUT2D eigenvalue weighted by Gasteiger charge is 2.21. The molecule has 0 radical (unpaired) electrons. The Morgan fingerprint density at radius 3 is 2.42 bits per heavy atom. The van der Waals surface area contributed by atoms with E-state index in [9.17, 15) is 14.4 Å². The summed E-state index contributed by atoms with van der Waals surface area (Å²) in [5.74, 6) is 0.0626. The van der Waals surface area contributed by atoms with Gasteiger partial charge in [0.2, 0.25) is 0 Å². The number of carbonyl (C=O) groups excluding carboxylic acids is 1. The quantitative estimate of drug-likeness (QED) is 0.383. The highest BCUT2D eigenvalue weighted by atomic mass is 35.5. The van der Waals surface area contributed by atoms with Gasteiger partial charge in [0.15, 0.2) is 16.9 Å². The number of ketones is 1. The number of halogens is 1. The van der Waals surface area contributed by atoms with Crippen molar-refractivity contribution in [3.8, 4) is 5.69 Å². The highest BCUT2D eigenvalue weighted by molar-refractivity contribution is 6.33. The maximum absolute atomic E-state index is 13.4. The zero-order valence-electron chi connectivity index (χ0n) is 18.8. The van der Waals surface area contributed by atoms with Crippen LogP contribution >= 0.6 is 11.6 Å². The second-order valence-electron chi connectivity index (χ2n) is 8.54. The number of rotatable bonds is 7. The van der Waals surface area contributed by atoms with E-state index in [1.54, 1.807) is 24.3 Å². The predicted octanol–water partition coefficient (Wildman–Crippen LogP) is 4.24. The van der Waals surface area contributed by atoms with E-state index < -0.39 is 11.2 Å². The third-order valence-corrected chi connectivity index (χ3v) is 5.94. The van der Waals surface area contributed by atoms with Gasteiger partial charge in [-0.2, -0.15) is 0 Å². The Hall–Kier alpha value is -3.45. The summed E-state index contributed by atoms with van der Waals surface area (Å²) in [5, 5.41) is 0.345. The molecule has 0 N–H and O–H groups in total. The van der Waals surface area contributed by atoms with Crippen molar-refractivity contribution in [3.63, 3.8) is 0 Å². The molecule has 170 valence electrons. The second-order valence-corrected chi connectivity index (χ2v) is 8.95. The molecular weight excluding hydrogens is 440 g/mol. The van der Waals surface area contributed by atoms with Crippen molar-refractivity contribution < 1.29 is 4.79 Å². The lowest BCUT2D eigenvalue weighted by molar-refractivity contribution is 0.0973. The minimum atomic E-state index is -0.455. The first-order valence-electron chi connectivity index (χ1n) is 10.8.